The number of carbonyl (C=O) groups is 2. The van der Waals surface area contributed by atoms with Crippen LogP contribution in [0.5, 0.6) is 0 Å². The highest BCUT2D eigenvalue weighted by atomic mass is 16.6. The molecule has 4 heterocycles. The molecule has 2 aromatic heterocycles. The number of pyridine rings is 1. The predicted octanol–water partition coefficient (Wildman–Crippen LogP) is 5.75. The Bertz CT molecular complexity index is 1450. The first-order valence-corrected chi connectivity index (χ1v) is 14.0. The summed E-state index contributed by atoms with van der Waals surface area (Å²) in [6, 6.07) is 6.20. The zero-order valence-electron chi connectivity index (χ0n) is 24.6. The van der Waals surface area contributed by atoms with Crippen LogP contribution in [-0.2, 0) is 27.2 Å². The van der Waals surface area contributed by atoms with E-state index in [9.17, 15) is 9.59 Å². The van der Waals surface area contributed by atoms with Crippen molar-refractivity contribution in [1.29, 1.82) is 0 Å². The zero-order chi connectivity index (χ0) is 28.8. The van der Waals surface area contributed by atoms with Crippen LogP contribution in [0.3, 0.4) is 0 Å². The minimum Gasteiger partial charge on any atom is -0.444 e. The molecule has 214 valence electrons. The fourth-order valence-corrected chi connectivity index (χ4v) is 5.37. The van der Waals surface area contributed by atoms with Crippen LogP contribution in [0.25, 0.3) is 22.2 Å². The molecule has 0 spiro atoms. The minimum absolute atomic E-state index is 0.260. The highest BCUT2D eigenvalue weighted by Crippen LogP contribution is 2.36. The average Bonchev–Trinajstić information content (AvgIpc) is 3.22. The van der Waals surface area contributed by atoms with Crippen molar-refractivity contribution in [2.75, 3.05) is 26.3 Å². The number of nitrogens with zero attached hydrogens (tertiary/aromatic N) is 3. The third-order valence-corrected chi connectivity index (χ3v) is 7.13. The van der Waals surface area contributed by atoms with Gasteiger partial charge in [0.15, 0.2) is 0 Å². The predicted molar refractivity (Wildman–Crippen MR) is 153 cm³/mol. The number of rotatable bonds is 2. The van der Waals surface area contributed by atoms with Crippen molar-refractivity contribution in [3.63, 3.8) is 0 Å². The number of ether oxygens (including phenoxy) is 3. The highest BCUT2D eigenvalue weighted by Gasteiger charge is 2.34. The summed E-state index contributed by atoms with van der Waals surface area (Å²) in [5.41, 5.74) is 5.80. The second-order valence-corrected chi connectivity index (χ2v) is 12.7. The summed E-state index contributed by atoms with van der Waals surface area (Å²) in [6.45, 7) is 16.1. The van der Waals surface area contributed by atoms with Gasteiger partial charge in [-0.3, -0.25) is 4.90 Å². The Hall–Kier alpha value is -3.43. The first kappa shape index (κ1) is 28.1. The van der Waals surface area contributed by atoms with Crippen LogP contribution in [0.4, 0.5) is 9.59 Å². The van der Waals surface area contributed by atoms with Gasteiger partial charge in [0.1, 0.15) is 16.8 Å². The topological polar surface area (TPSA) is 94.9 Å². The number of amides is 1. The summed E-state index contributed by atoms with van der Waals surface area (Å²) in [5, 5.41) is 4.38. The van der Waals surface area contributed by atoms with E-state index in [0.717, 1.165) is 47.2 Å². The summed E-state index contributed by atoms with van der Waals surface area (Å²) in [7, 11) is 0. The van der Waals surface area contributed by atoms with Gasteiger partial charge in [-0.25, -0.2) is 19.1 Å². The van der Waals surface area contributed by atoms with Gasteiger partial charge in [0.05, 0.1) is 19.3 Å². The van der Waals surface area contributed by atoms with Crippen molar-refractivity contribution in [1.82, 2.24) is 19.8 Å². The maximum absolute atomic E-state index is 13.2. The Morgan fingerprint density at radius 2 is 1.75 bits per heavy atom. The number of benzene rings is 1. The van der Waals surface area contributed by atoms with E-state index in [0.29, 0.717) is 25.4 Å². The number of aryl methyl sites for hydroxylation is 1. The number of carbonyl (C=O) groups excluding carboxylic acids is 2. The summed E-state index contributed by atoms with van der Waals surface area (Å²) in [6.07, 6.45) is 3.69. The smallest absolute Gasteiger partial charge is 0.420 e. The van der Waals surface area contributed by atoms with E-state index in [1.165, 1.54) is 15.7 Å². The van der Waals surface area contributed by atoms with Gasteiger partial charge in [-0.1, -0.05) is 6.07 Å². The third-order valence-electron chi connectivity index (χ3n) is 7.13. The fourth-order valence-electron chi connectivity index (χ4n) is 5.37. The summed E-state index contributed by atoms with van der Waals surface area (Å²) in [4.78, 5) is 32.6. The van der Waals surface area contributed by atoms with E-state index in [4.69, 9.17) is 19.2 Å². The molecule has 9 heteroatoms. The largest absolute Gasteiger partial charge is 0.444 e. The lowest BCUT2D eigenvalue weighted by atomic mass is 9.87. The molecule has 1 fully saturated rings. The number of nitrogens with one attached hydrogen (secondary N) is 1. The van der Waals surface area contributed by atoms with E-state index in [-0.39, 0.29) is 12.1 Å². The van der Waals surface area contributed by atoms with Crippen molar-refractivity contribution in [2.45, 2.75) is 78.7 Å². The molecule has 0 bridgehead atoms. The van der Waals surface area contributed by atoms with Gasteiger partial charge in [0, 0.05) is 36.4 Å². The molecule has 1 atom stereocenters. The Kier molecular flexibility index (Phi) is 7.39. The SMILES string of the molecule is Cc1cn(C(=O)OC(C)(C)C)c2ncc(-c3cc4c(c([C@@H]5COCCN5C(=O)OC(C)(C)C)c3)CNCC4)cc12. The van der Waals surface area contributed by atoms with Crippen molar-refractivity contribution < 1.29 is 23.8 Å². The van der Waals surface area contributed by atoms with Gasteiger partial charge in [-0.2, -0.15) is 0 Å². The molecule has 0 unspecified atom stereocenters. The maximum atomic E-state index is 13.2. The quantitative estimate of drug-likeness (QED) is 0.436. The van der Waals surface area contributed by atoms with E-state index >= 15 is 0 Å². The van der Waals surface area contributed by atoms with Crippen molar-refractivity contribution >= 4 is 23.2 Å². The monoisotopic (exact) mass is 548 g/mol. The molecule has 2 aliphatic heterocycles. The van der Waals surface area contributed by atoms with E-state index < -0.39 is 17.3 Å². The molecule has 1 saturated heterocycles. The second-order valence-electron chi connectivity index (χ2n) is 12.7. The second kappa shape index (κ2) is 10.5. The number of morpholine rings is 1. The molecular formula is C31H40N4O5. The normalized spacial score (nSPS) is 18.0. The Morgan fingerprint density at radius 1 is 1.02 bits per heavy atom. The molecule has 0 radical (unpaired) electrons. The molecule has 5 rings (SSSR count). The first-order chi connectivity index (χ1) is 18.8. The van der Waals surface area contributed by atoms with Crippen LogP contribution in [0.1, 0.15) is 69.8 Å². The van der Waals surface area contributed by atoms with Crippen LogP contribution < -0.4 is 5.32 Å². The average molecular weight is 549 g/mol. The molecule has 3 aromatic rings. The Balaban J connectivity index is 1.56. The van der Waals surface area contributed by atoms with Crippen molar-refractivity contribution in [2.24, 2.45) is 0 Å². The van der Waals surface area contributed by atoms with Gasteiger partial charge in [0.2, 0.25) is 0 Å². The lowest BCUT2D eigenvalue weighted by molar-refractivity contribution is -0.0333. The van der Waals surface area contributed by atoms with Gasteiger partial charge in [0.25, 0.3) is 0 Å². The molecule has 0 aliphatic carbocycles. The van der Waals surface area contributed by atoms with E-state index in [1.807, 2.05) is 48.5 Å². The summed E-state index contributed by atoms with van der Waals surface area (Å²) < 4.78 is 18.7. The van der Waals surface area contributed by atoms with E-state index in [1.54, 1.807) is 17.3 Å². The standard InChI is InChI=1S/C31H40N4O5/c1-19-17-35(29(37)40-31(5,6)7)27-23(19)14-22(15-33-27)21-12-20-8-9-32-16-25(20)24(13-21)26-18-38-11-10-34(26)28(36)39-30(2,3)4/h12-15,17,26,32H,8-11,16,18H2,1-7H3/t26-/m0/s1. The molecule has 9 nitrogen and oxygen atoms in total. The maximum Gasteiger partial charge on any atom is 0.420 e. The van der Waals surface area contributed by atoms with E-state index in [2.05, 4.69) is 23.5 Å². The molecule has 2 aliphatic rings. The van der Waals surface area contributed by atoms with Crippen LogP contribution in [0.15, 0.2) is 30.6 Å². The third kappa shape index (κ3) is 5.86. The lowest BCUT2D eigenvalue weighted by Crippen LogP contribution is -2.46. The van der Waals surface area contributed by atoms with Crippen LogP contribution in [0, 0.1) is 6.92 Å². The molecule has 40 heavy (non-hydrogen) atoms. The van der Waals surface area contributed by atoms with Crippen molar-refractivity contribution in [3.8, 4) is 11.1 Å². The summed E-state index contributed by atoms with van der Waals surface area (Å²) in [5.74, 6) is 0. The number of hydrogen-bond donors (Lipinski definition) is 1. The molecule has 1 amide bonds. The number of aromatic nitrogens is 2. The Morgan fingerprint density at radius 3 is 2.48 bits per heavy atom. The first-order valence-electron chi connectivity index (χ1n) is 14.0. The van der Waals surface area contributed by atoms with Crippen molar-refractivity contribution in [3.05, 3.63) is 52.8 Å². The highest BCUT2D eigenvalue weighted by molar-refractivity contribution is 5.91. The zero-order valence-corrected chi connectivity index (χ0v) is 24.6. The molecule has 1 aromatic carbocycles. The van der Waals surface area contributed by atoms with Crippen LogP contribution >= 0.6 is 0 Å². The van der Waals surface area contributed by atoms with Gasteiger partial charge < -0.3 is 19.5 Å². The fraction of sp³-hybridized carbons (Fsp3) is 0.516. The summed E-state index contributed by atoms with van der Waals surface area (Å²) >= 11 is 0. The van der Waals surface area contributed by atoms with Crippen LogP contribution in [-0.4, -0.2) is 64.1 Å². The van der Waals surface area contributed by atoms with Crippen LogP contribution in [0.2, 0.25) is 0 Å². The minimum atomic E-state index is -0.605. The number of fused-ring (bicyclic) bond motifs is 2. The van der Waals surface area contributed by atoms with Gasteiger partial charge in [-0.15, -0.1) is 0 Å². The van der Waals surface area contributed by atoms with Gasteiger partial charge >= 0.3 is 12.2 Å². The molecule has 1 N–H and O–H groups in total. The Labute approximate surface area is 235 Å². The number of hydrogen-bond acceptors (Lipinski definition) is 7. The molecular weight excluding hydrogens is 508 g/mol. The molecule has 0 saturated carbocycles. The van der Waals surface area contributed by atoms with Gasteiger partial charge in [-0.05, 0) is 101 Å². The lowest BCUT2D eigenvalue weighted by Gasteiger charge is -2.38.